The Morgan fingerprint density at radius 3 is 1.42 bits per heavy atom. The minimum absolute atomic E-state index is 1.11. The van der Waals surface area contributed by atoms with Crippen LogP contribution in [-0.2, 0) is 0 Å². The first-order valence-electron chi connectivity index (χ1n) is 3.48. The van der Waals surface area contributed by atoms with Gasteiger partial charge in [-0.2, -0.15) is 0 Å². The zero-order chi connectivity index (χ0) is 8.81. The maximum Gasteiger partial charge on any atom is 0.0794 e. The van der Waals surface area contributed by atoms with Gasteiger partial charge in [0, 0.05) is 22.1 Å². The van der Waals surface area contributed by atoms with E-state index in [0.29, 0.717) is 0 Å². The Morgan fingerprint density at radius 2 is 1.33 bits per heavy atom. The van der Waals surface area contributed by atoms with Crippen LogP contribution in [0.15, 0.2) is 21.8 Å². The van der Waals surface area contributed by atoms with Gasteiger partial charge in [0.1, 0.15) is 0 Å². The van der Waals surface area contributed by atoms with Crippen molar-refractivity contribution in [3.05, 3.63) is 33.2 Å². The summed E-state index contributed by atoms with van der Waals surface area (Å²) in [6, 6.07) is 0. The molecule has 2 heterocycles. The van der Waals surface area contributed by atoms with Crippen LogP contribution in [0.4, 0.5) is 0 Å². The molecule has 0 N–H and O–H groups in total. The summed E-state index contributed by atoms with van der Waals surface area (Å²) >= 11 is 3.26. The number of hydrogen-bond donors (Lipinski definition) is 0. The van der Waals surface area contributed by atoms with Crippen molar-refractivity contribution in [3.8, 4) is 0 Å². The second kappa shape index (κ2) is 5.00. The molecule has 0 aliphatic rings. The third-order valence-electron chi connectivity index (χ3n) is 1.11. The molecule has 0 fully saturated rings. The van der Waals surface area contributed by atoms with Gasteiger partial charge in [-0.1, -0.05) is 0 Å². The van der Waals surface area contributed by atoms with Crippen molar-refractivity contribution in [1.29, 1.82) is 0 Å². The maximum absolute atomic E-state index is 3.94. The van der Waals surface area contributed by atoms with Crippen LogP contribution >= 0.6 is 22.7 Å². The molecule has 0 saturated heterocycles. The number of aromatic nitrogens is 2. The molecule has 0 amide bonds. The van der Waals surface area contributed by atoms with E-state index in [1.165, 1.54) is 0 Å². The lowest BCUT2D eigenvalue weighted by atomic mass is 10.6. The van der Waals surface area contributed by atoms with Gasteiger partial charge in [-0.25, -0.2) is 0 Å². The monoisotopic (exact) mass is 198 g/mol. The molecular weight excluding hydrogens is 188 g/mol. The molecule has 0 radical (unpaired) electrons. The summed E-state index contributed by atoms with van der Waals surface area (Å²) in [5.74, 6) is 0. The normalized spacial score (nSPS) is 8.83. The largest absolute Gasteiger partial charge is 0.250 e. The summed E-state index contributed by atoms with van der Waals surface area (Å²) in [4.78, 5) is 7.87. The zero-order valence-electron chi connectivity index (χ0n) is 7.02. The number of aryl methyl sites for hydroxylation is 2. The van der Waals surface area contributed by atoms with Crippen LogP contribution in [0.5, 0.6) is 0 Å². The molecule has 0 aliphatic carbocycles. The highest BCUT2D eigenvalue weighted by Crippen LogP contribution is 1.96. The minimum Gasteiger partial charge on any atom is -0.250 e. The Hall–Kier alpha value is -0.740. The first-order chi connectivity index (χ1) is 5.79. The van der Waals surface area contributed by atoms with Crippen LogP contribution < -0.4 is 0 Å². The van der Waals surface area contributed by atoms with Gasteiger partial charge in [0.2, 0.25) is 0 Å². The molecule has 2 aromatic heterocycles. The van der Waals surface area contributed by atoms with Gasteiger partial charge in [0.15, 0.2) is 0 Å². The quantitative estimate of drug-likeness (QED) is 0.650. The molecule has 2 aromatic rings. The third kappa shape index (κ3) is 3.59. The van der Waals surface area contributed by atoms with Crippen LogP contribution in [0, 0.1) is 13.8 Å². The molecule has 4 heteroatoms. The smallest absolute Gasteiger partial charge is 0.0794 e. The summed E-state index contributed by atoms with van der Waals surface area (Å²) in [6.07, 6.45) is 0. The van der Waals surface area contributed by atoms with Crippen molar-refractivity contribution in [2.24, 2.45) is 0 Å². The number of nitrogens with zero attached hydrogens (tertiary/aromatic N) is 2. The summed E-state index contributed by atoms with van der Waals surface area (Å²) < 4.78 is 0. The van der Waals surface area contributed by atoms with Gasteiger partial charge in [-0.15, -0.1) is 22.7 Å². The molecule has 0 spiro atoms. The minimum atomic E-state index is 1.11. The van der Waals surface area contributed by atoms with Gasteiger partial charge in [0.25, 0.3) is 0 Å². The Kier molecular flexibility index (Phi) is 3.90. The van der Waals surface area contributed by atoms with Crippen LogP contribution in [0.3, 0.4) is 0 Å². The molecule has 0 bridgehead atoms. The molecule has 0 aromatic carbocycles. The van der Waals surface area contributed by atoms with E-state index >= 15 is 0 Å². The average Bonchev–Trinajstić information content (AvgIpc) is 2.63. The molecule has 2 nitrogen and oxygen atoms in total. The number of thiazole rings is 2. The molecule has 12 heavy (non-hydrogen) atoms. The fourth-order valence-corrected chi connectivity index (χ4v) is 1.64. The number of rotatable bonds is 0. The molecule has 2 rings (SSSR count). The zero-order valence-corrected chi connectivity index (χ0v) is 8.65. The van der Waals surface area contributed by atoms with E-state index in [0.717, 1.165) is 11.4 Å². The molecule has 64 valence electrons. The topological polar surface area (TPSA) is 25.8 Å². The van der Waals surface area contributed by atoms with Gasteiger partial charge in [-0.05, 0) is 13.8 Å². The van der Waals surface area contributed by atoms with Crippen molar-refractivity contribution < 1.29 is 0 Å². The SMILES string of the molecule is Cc1cscn1.Cc1cscn1. The van der Waals surface area contributed by atoms with Crippen LogP contribution in [0.2, 0.25) is 0 Å². The van der Waals surface area contributed by atoms with E-state index in [-0.39, 0.29) is 0 Å². The number of hydrogen-bond acceptors (Lipinski definition) is 4. The summed E-state index contributed by atoms with van der Waals surface area (Å²) in [7, 11) is 0. The second-order valence-corrected chi connectivity index (χ2v) is 3.70. The average molecular weight is 198 g/mol. The van der Waals surface area contributed by atoms with E-state index < -0.39 is 0 Å². The Balaban J connectivity index is 0.000000120. The van der Waals surface area contributed by atoms with Crippen LogP contribution in [0.1, 0.15) is 11.4 Å². The van der Waals surface area contributed by atoms with Crippen LogP contribution in [-0.4, -0.2) is 9.97 Å². The molecule has 0 aliphatic heterocycles. The lowest BCUT2D eigenvalue weighted by Crippen LogP contribution is -1.59. The van der Waals surface area contributed by atoms with E-state index in [1.807, 2.05) is 35.6 Å². The predicted octanol–water partition coefficient (Wildman–Crippen LogP) is 2.90. The van der Waals surface area contributed by atoms with Gasteiger partial charge < -0.3 is 0 Å². The summed E-state index contributed by atoms with van der Waals surface area (Å²) in [6.45, 7) is 3.97. The fraction of sp³-hybridized carbons (Fsp3) is 0.250. The van der Waals surface area contributed by atoms with E-state index in [4.69, 9.17) is 0 Å². The van der Waals surface area contributed by atoms with E-state index in [9.17, 15) is 0 Å². The third-order valence-corrected chi connectivity index (χ3v) is 2.52. The molecule has 0 unspecified atom stereocenters. The lowest BCUT2D eigenvalue weighted by Gasteiger charge is -1.64. The van der Waals surface area contributed by atoms with Crippen molar-refractivity contribution in [1.82, 2.24) is 9.97 Å². The first kappa shape index (κ1) is 9.35. The molecule has 0 atom stereocenters. The highest BCUT2D eigenvalue weighted by Gasteiger charge is 1.76. The fourth-order valence-electron chi connectivity index (χ4n) is 0.546. The lowest BCUT2D eigenvalue weighted by molar-refractivity contribution is 1.27. The maximum atomic E-state index is 3.94. The molecular formula is C8H10N2S2. The summed E-state index contributed by atoms with van der Waals surface area (Å²) in [5.41, 5.74) is 5.88. The van der Waals surface area contributed by atoms with Gasteiger partial charge >= 0.3 is 0 Å². The highest BCUT2D eigenvalue weighted by atomic mass is 32.1. The van der Waals surface area contributed by atoms with Crippen molar-refractivity contribution in [2.75, 3.05) is 0 Å². The van der Waals surface area contributed by atoms with Crippen molar-refractivity contribution >= 4 is 22.7 Å². The van der Waals surface area contributed by atoms with Gasteiger partial charge in [-0.3, -0.25) is 9.97 Å². The predicted molar refractivity (Wildman–Crippen MR) is 53.7 cm³/mol. The van der Waals surface area contributed by atoms with Crippen LogP contribution in [0.25, 0.3) is 0 Å². The van der Waals surface area contributed by atoms with E-state index in [1.54, 1.807) is 22.7 Å². The second-order valence-electron chi connectivity index (χ2n) is 2.26. The first-order valence-corrected chi connectivity index (χ1v) is 5.37. The standard InChI is InChI=1S/2C4H5NS/c2*1-4-2-6-3-5-4/h2*2-3H,1H3. The Morgan fingerprint density at radius 1 is 0.917 bits per heavy atom. The van der Waals surface area contributed by atoms with Crippen molar-refractivity contribution in [3.63, 3.8) is 0 Å². The summed E-state index contributed by atoms with van der Waals surface area (Å²) in [5, 5.41) is 4.03. The van der Waals surface area contributed by atoms with E-state index in [2.05, 4.69) is 9.97 Å². The van der Waals surface area contributed by atoms with Gasteiger partial charge in [0.05, 0.1) is 11.0 Å². The Bertz CT molecular complexity index is 254. The Labute approximate surface area is 79.9 Å². The van der Waals surface area contributed by atoms with Crippen molar-refractivity contribution in [2.45, 2.75) is 13.8 Å². The highest BCUT2D eigenvalue weighted by molar-refractivity contribution is 7.07. The molecule has 0 saturated carbocycles.